The lowest BCUT2D eigenvalue weighted by Crippen LogP contribution is -2.61. The van der Waals surface area contributed by atoms with Crippen LogP contribution in [0.2, 0.25) is 0 Å². The fraction of sp³-hybridized carbons (Fsp3) is 0.667. The number of carboxylic acid groups (broad SMARTS) is 1. The summed E-state index contributed by atoms with van der Waals surface area (Å²) in [5.41, 5.74) is 15.6. The molecule has 0 fully saturated rings. The van der Waals surface area contributed by atoms with Crippen molar-refractivity contribution in [2.45, 2.75) is 75.8 Å². The molecular formula is C24H42N8O12. The van der Waals surface area contributed by atoms with Gasteiger partial charge >= 0.3 is 5.97 Å². The Morgan fingerprint density at radius 2 is 1.05 bits per heavy atom. The van der Waals surface area contributed by atoms with Gasteiger partial charge in [-0.15, -0.1) is 0 Å². The van der Waals surface area contributed by atoms with Crippen LogP contribution in [0.1, 0.15) is 39.5 Å². The molecule has 0 aliphatic carbocycles. The number of carbonyl (C=O) groups excluding carboxylic acids is 7. The molecule has 0 saturated carbocycles. The summed E-state index contributed by atoms with van der Waals surface area (Å²) < 4.78 is 0. The fourth-order valence-corrected chi connectivity index (χ4v) is 3.45. The lowest BCUT2D eigenvalue weighted by Gasteiger charge is -2.28. The minimum atomic E-state index is -1.77. The molecule has 44 heavy (non-hydrogen) atoms. The van der Waals surface area contributed by atoms with Gasteiger partial charge in [0.1, 0.15) is 30.2 Å². The van der Waals surface area contributed by atoms with Crippen LogP contribution >= 0.6 is 0 Å². The highest BCUT2D eigenvalue weighted by atomic mass is 16.4. The van der Waals surface area contributed by atoms with Gasteiger partial charge in [-0.05, 0) is 12.3 Å². The lowest BCUT2D eigenvalue weighted by atomic mass is 9.97. The van der Waals surface area contributed by atoms with Crippen LogP contribution in [0.3, 0.4) is 0 Å². The first kappa shape index (κ1) is 39.6. The number of amides is 7. The molecule has 20 heteroatoms. The predicted octanol–water partition coefficient (Wildman–Crippen LogP) is -7.01. The number of aliphatic hydroxyl groups is 3. The maximum Gasteiger partial charge on any atom is 0.326 e. The first-order valence-corrected chi connectivity index (χ1v) is 13.4. The van der Waals surface area contributed by atoms with Gasteiger partial charge in [0.25, 0.3) is 0 Å². The highest BCUT2D eigenvalue weighted by Crippen LogP contribution is 2.09. The van der Waals surface area contributed by atoms with Crippen molar-refractivity contribution in [3.8, 4) is 0 Å². The fourth-order valence-electron chi connectivity index (χ4n) is 3.45. The summed E-state index contributed by atoms with van der Waals surface area (Å²) >= 11 is 0. The van der Waals surface area contributed by atoms with Crippen LogP contribution in [0.5, 0.6) is 0 Å². The predicted molar refractivity (Wildman–Crippen MR) is 148 cm³/mol. The smallest absolute Gasteiger partial charge is 0.326 e. The van der Waals surface area contributed by atoms with Crippen LogP contribution < -0.4 is 43.8 Å². The van der Waals surface area contributed by atoms with E-state index in [4.69, 9.17) is 22.3 Å². The van der Waals surface area contributed by atoms with Crippen molar-refractivity contribution in [1.82, 2.24) is 26.6 Å². The average molecular weight is 635 g/mol. The average Bonchev–Trinajstić information content (AvgIpc) is 2.96. The maximum atomic E-state index is 13.1. The van der Waals surface area contributed by atoms with Crippen LogP contribution in [-0.2, 0) is 38.4 Å². The first-order chi connectivity index (χ1) is 20.5. The number of nitrogens with two attached hydrogens (primary N) is 3. The topological polar surface area (TPSA) is 356 Å². The van der Waals surface area contributed by atoms with Gasteiger partial charge in [-0.2, -0.15) is 0 Å². The summed E-state index contributed by atoms with van der Waals surface area (Å²) in [5, 5.41) is 48.7. The molecule has 0 aromatic heterocycles. The second-order valence-electron chi connectivity index (χ2n) is 9.78. The first-order valence-electron chi connectivity index (χ1n) is 13.4. The van der Waals surface area contributed by atoms with E-state index in [0.29, 0.717) is 6.42 Å². The standard InChI is InChI=1S/C24H42N8O12/c1-3-10(2)18(32-22(41)15(9-35)29-19(38)11(25)4-5-16(26)36)23(42)31-14(8-34)21(40)30-13(7-33)20(39)28-12(24(43)44)6-17(27)37/h10-15,18,33-35H,3-9,25H2,1-2H3,(H2,26,36)(H2,27,37)(H,28,39)(H,29,38)(H,30,40)(H,31,42)(H,32,41)(H,43,44)/t10-,11-,12-,13-,14-,15-,18-/m0/s1. The molecule has 0 aromatic rings. The molecule has 0 spiro atoms. The third-order valence-corrected chi connectivity index (χ3v) is 6.30. The van der Waals surface area contributed by atoms with Crippen molar-refractivity contribution < 1.29 is 58.8 Å². The Morgan fingerprint density at radius 3 is 1.43 bits per heavy atom. The minimum Gasteiger partial charge on any atom is -0.480 e. The van der Waals surface area contributed by atoms with E-state index in [1.54, 1.807) is 13.8 Å². The van der Waals surface area contributed by atoms with Crippen molar-refractivity contribution in [3.05, 3.63) is 0 Å². The summed E-state index contributed by atoms with van der Waals surface area (Å²) in [4.78, 5) is 96.5. The summed E-state index contributed by atoms with van der Waals surface area (Å²) in [5.74, 6) is -9.24. The van der Waals surface area contributed by atoms with Gasteiger partial charge in [0.2, 0.25) is 41.4 Å². The van der Waals surface area contributed by atoms with Crippen LogP contribution in [0.15, 0.2) is 0 Å². The third-order valence-electron chi connectivity index (χ3n) is 6.30. The van der Waals surface area contributed by atoms with E-state index in [9.17, 15) is 53.7 Å². The lowest BCUT2D eigenvalue weighted by molar-refractivity contribution is -0.144. The van der Waals surface area contributed by atoms with Gasteiger partial charge in [-0.1, -0.05) is 20.3 Å². The Kier molecular flexibility index (Phi) is 17.8. The summed E-state index contributed by atoms with van der Waals surface area (Å²) in [7, 11) is 0. The molecule has 15 N–H and O–H groups in total. The van der Waals surface area contributed by atoms with Crippen LogP contribution in [-0.4, -0.2) is 124 Å². The van der Waals surface area contributed by atoms with Gasteiger partial charge in [-0.3, -0.25) is 33.6 Å². The Labute approximate surface area is 251 Å². The van der Waals surface area contributed by atoms with Crippen LogP contribution in [0.25, 0.3) is 0 Å². The number of nitrogens with one attached hydrogen (secondary N) is 5. The summed E-state index contributed by atoms with van der Waals surface area (Å²) in [6.45, 7) is 0.268. The molecule has 250 valence electrons. The van der Waals surface area contributed by atoms with E-state index in [1.807, 2.05) is 10.6 Å². The molecule has 0 heterocycles. The van der Waals surface area contributed by atoms with E-state index in [2.05, 4.69) is 16.0 Å². The zero-order valence-corrected chi connectivity index (χ0v) is 24.3. The number of carboxylic acids is 1. The van der Waals surface area contributed by atoms with Crippen molar-refractivity contribution in [1.29, 1.82) is 0 Å². The Hall–Kier alpha value is -4.40. The quantitative estimate of drug-likeness (QED) is 0.0559. The number of rotatable bonds is 21. The summed E-state index contributed by atoms with van der Waals surface area (Å²) in [6, 6.07) is -9.43. The molecule has 7 atom stereocenters. The highest BCUT2D eigenvalue weighted by Gasteiger charge is 2.34. The van der Waals surface area contributed by atoms with Gasteiger partial charge in [0.15, 0.2) is 0 Å². The normalized spacial score (nSPS) is 15.6. The number of aliphatic carboxylic acids is 1. The molecule has 0 saturated heterocycles. The SMILES string of the molecule is CC[C@H](C)[C@H](NC(=O)[C@H](CO)NC(=O)[C@@H](N)CCC(N)=O)C(=O)N[C@@H](CO)C(=O)N[C@@H](CO)C(=O)N[C@@H](CC(N)=O)C(=O)O. The number of aliphatic hydroxyl groups excluding tert-OH is 3. The zero-order valence-electron chi connectivity index (χ0n) is 24.3. The molecule has 0 unspecified atom stereocenters. The van der Waals surface area contributed by atoms with E-state index >= 15 is 0 Å². The molecule has 7 amide bonds. The largest absolute Gasteiger partial charge is 0.480 e. The molecule has 0 rings (SSSR count). The van der Waals surface area contributed by atoms with Crippen LogP contribution in [0, 0.1) is 5.92 Å². The van der Waals surface area contributed by atoms with Crippen molar-refractivity contribution >= 4 is 47.3 Å². The van der Waals surface area contributed by atoms with E-state index in [-0.39, 0.29) is 12.8 Å². The number of carbonyl (C=O) groups is 8. The van der Waals surface area contributed by atoms with Crippen molar-refractivity contribution in [2.24, 2.45) is 23.1 Å². The van der Waals surface area contributed by atoms with Crippen molar-refractivity contribution in [2.75, 3.05) is 19.8 Å². The maximum absolute atomic E-state index is 13.1. The number of hydrogen-bond donors (Lipinski definition) is 12. The van der Waals surface area contributed by atoms with Gasteiger partial charge in [0, 0.05) is 6.42 Å². The Balaban J connectivity index is 5.57. The van der Waals surface area contributed by atoms with Crippen molar-refractivity contribution in [3.63, 3.8) is 0 Å². The number of hydrogen-bond acceptors (Lipinski definition) is 12. The Bertz CT molecular complexity index is 1060. The van der Waals surface area contributed by atoms with Crippen LogP contribution in [0.4, 0.5) is 0 Å². The highest BCUT2D eigenvalue weighted by molar-refractivity contribution is 5.97. The molecule has 0 radical (unpaired) electrons. The van der Waals surface area contributed by atoms with E-state index < -0.39 is 116 Å². The third kappa shape index (κ3) is 13.7. The molecule has 0 aliphatic rings. The molecule has 0 bridgehead atoms. The Morgan fingerprint density at radius 1 is 0.636 bits per heavy atom. The minimum absolute atomic E-state index is 0.129. The molecular weight excluding hydrogens is 592 g/mol. The second-order valence-corrected chi connectivity index (χ2v) is 9.78. The zero-order chi connectivity index (χ0) is 34.1. The van der Waals surface area contributed by atoms with Gasteiger partial charge in [-0.25, -0.2) is 4.79 Å². The van der Waals surface area contributed by atoms with E-state index in [1.165, 1.54) is 0 Å². The summed E-state index contributed by atoms with van der Waals surface area (Å²) in [6.07, 6.45) is -0.808. The molecule has 20 nitrogen and oxygen atoms in total. The van der Waals surface area contributed by atoms with E-state index in [0.717, 1.165) is 0 Å². The molecule has 0 aromatic carbocycles. The number of primary amides is 2. The monoisotopic (exact) mass is 634 g/mol. The van der Waals surface area contributed by atoms with Gasteiger partial charge < -0.3 is 64.2 Å². The second kappa shape index (κ2) is 19.7. The van der Waals surface area contributed by atoms with Gasteiger partial charge in [0.05, 0.1) is 32.3 Å². The molecule has 0 aliphatic heterocycles.